The van der Waals surface area contributed by atoms with Crippen LogP contribution in [0, 0.1) is 11.8 Å². The molecule has 2 rings (SSSR count). The minimum absolute atomic E-state index is 0.00912. The van der Waals surface area contributed by atoms with E-state index in [9.17, 15) is 4.79 Å². The minimum Gasteiger partial charge on any atom is -0.376 e. The maximum Gasteiger partial charge on any atom is 0.241 e. The van der Waals surface area contributed by atoms with Crippen LogP contribution in [0.1, 0.15) is 53.4 Å². The van der Waals surface area contributed by atoms with Crippen molar-refractivity contribution >= 4 is 5.91 Å². The van der Waals surface area contributed by atoms with Gasteiger partial charge in [0.25, 0.3) is 0 Å². The van der Waals surface area contributed by atoms with Gasteiger partial charge >= 0.3 is 0 Å². The first-order valence-corrected chi connectivity index (χ1v) is 8.21. The molecule has 0 radical (unpaired) electrons. The average Bonchev–Trinajstić information content (AvgIpc) is 3.00. The molecular weight excluding hydrogens is 252 g/mol. The van der Waals surface area contributed by atoms with Crippen LogP contribution in [0.2, 0.25) is 0 Å². The molecule has 4 heteroatoms. The van der Waals surface area contributed by atoms with Gasteiger partial charge in [-0.3, -0.25) is 10.1 Å². The van der Waals surface area contributed by atoms with E-state index in [0.29, 0.717) is 11.8 Å². The molecule has 2 fully saturated rings. The third-order valence-corrected chi connectivity index (χ3v) is 4.63. The number of carbonyl (C=O) groups excluding carboxylic acids is 1. The maximum absolute atomic E-state index is 12.7. The van der Waals surface area contributed by atoms with Crippen molar-refractivity contribution in [3.8, 4) is 0 Å². The second-order valence-electron chi connectivity index (χ2n) is 6.80. The zero-order valence-corrected chi connectivity index (χ0v) is 13.4. The smallest absolute Gasteiger partial charge is 0.241 e. The predicted octanol–water partition coefficient (Wildman–Crippen LogP) is 2.38. The fourth-order valence-corrected chi connectivity index (χ4v) is 3.21. The Bertz CT molecular complexity index is 326. The molecule has 1 N–H and O–H groups in total. The molecule has 20 heavy (non-hydrogen) atoms. The number of nitrogens with one attached hydrogen (secondary N) is 1. The summed E-state index contributed by atoms with van der Waals surface area (Å²) in [5.41, 5.74) is 0. The number of amides is 1. The van der Waals surface area contributed by atoms with E-state index in [4.69, 9.17) is 4.74 Å². The van der Waals surface area contributed by atoms with E-state index in [1.54, 1.807) is 0 Å². The molecule has 2 aliphatic heterocycles. The third kappa shape index (κ3) is 3.53. The topological polar surface area (TPSA) is 41.6 Å². The van der Waals surface area contributed by atoms with Gasteiger partial charge in [-0.15, -0.1) is 0 Å². The highest BCUT2D eigenvalue weighted by Crippen LogP contribution is 2.25. The molecule has 4 atom stereocenters. The summed E-state index contributed by atoms with van der Waals surface area (Å²) in [5.74, 6) is 1.26. The Morgan fingerprint density at radius 2 is 2.15 bits per heavy atom. The summed E-state index contributed by atoms with van der Waals surface area (Å²) in [4.78, 5) is 14.7. The van der Waals surface area contributed by atoms with Gasteiger partial charge in [0.15, 0.2) is 0 Å². The first-order valence-electron chi connectivity index (χ1n) is 8.21. The van der Waals surface area contributed by atoms with Crippen LogP contribution in [0.25, 0.3) is 0 Å². The molecule has 0 aliphatic carbocycles. The van der Waals surface area contributed by atoms with E-state index in [1.165, 1.54) is 0 Å². The molecule has 116 valence electrons. The first kappa shape index (κ1) is 15.8. The molecule has 0 spiro atoms. The van der Waals surface area contributed by atoms with Crippen LogP contribution in [0.3, 0.4) is 0 Å². The quantitative estimate of drug-likeness (QED) is 0.813. The van der Waals surface area contributed by atoms with Crippen LogP contribution in [-0.2, 0) is 9.53 Å². The van der Waals surface area contributed by atoms with E-state index >= 15 is 0 Å². The van der Waals surface area contributed by atoms with E-state index in [0.717, 1.165) is 38.8 Å². The van der Waals surface area contributed by atoms with Crippen molar-refractivity contribution in [1.29, 1.82) is 0 Å². The van der Waals surface area contributed by atoms with Gasteiger partial charge in [0.2, 0.25) is 5.91 Å². The number of carbonyl (C=O) groups is 1. The molecular formula is C16H30N2O2. The summed E-state index contributed by atoms with van der Waals surface area (Å²) >= 11 is 0. The number of hydrogen-bond donors (Lipinski definition) is 1. The summed E-state index contributed by atoms with van der Waals surface area (Å²) in [6.07, 6.45) is 4.70. The van der Waals surface area contributed by atoms with Crippen LogP contribution in [0.5, 0.6) is 0 Å². The Kier molecular flexibility index (Phi) is 5.44. The van der Waals surface area contributed by atoms with Crippen molar-refractivity contribution in [2.75, 3.05) is 13.2 Å². The van der Waals surface area contributed by atoms with Gasteiger partial charge in [0.1, 0.15) is 0 Å². The molecule has 0 aromatic carbocycles. The monoisotopic (exact) mass is 282 g/mol. The van der Waals surface area contributed by atoms with Crippen molar-refractivity contribution < 1.29 is 9.53 Å². The standard InChI is InChI=1S/C16H30N2O2/c1-5-12(4)15-16(19)18(10-13-7-6-8-20-13)14(17-15)9-11(2)3/h11-15,17H,5-10H2,1-4H3. The molecule has 0 aromatic heterocycles. The Labute approximate surface area is 123 Å². The highest BCUT2D eigenvalue weighted by molar-refractivity contribution is 5.84. The lowest BCUT2D eigenvalue weighted by Gasteiger charge is -2.27. The number of nitrogens with zero attached hydrogens (tertiary/aromatic N) is 1. The predicted molar refractivity (Wildman–Crippen MR) is 80.3 cm³/mol. The summed E-state index contributed by atoms with van der Waals surface area (Å²) in [6.45, 7) is 10.4. The summed E-state index contributed by atoms with van der Waals surface area (Å²) in [6, 6.07) is -0.00912. The molecule has 4 nitrogen and oxygen atoms in total. The summed E-state index contributed by atoms with van der Waals surface area (Å²) in [5, 5.41) is 3.57. The summed E-state index contributed by atoms with van der Waals surface area (Å²) < 4.78 is 5.72. The Morgan fingerprint density at radius 3 is 2.70 bits per heavy atom. The lowest BCUT2D eigenvalue weighted by Crippen LogP contribution is -2.42. The number of ether oxygens (including phenoxy) is 1. The Balaban J connectivity index is 2.04. The van der Waals surface area contributed by atoms with Gasteiger partial charge in [-0.1, -0.05) is 34.1 Å². The zero-order valence-electron chi connectivity index (χ0n) is 13.4. The number of rotatable bonds is 6. The van der Waals surface area contributed by atoms with Crippen LogP contribution >= 0.6 is 0 Å². The van der Waals surface area contributed by atoms with Crippen molar-refractivity contribution in [2.24, 2.45) is 11.8 Å². The molecule has 2 aliphatic rings. The molecule has 2 saturated heterocycles. The van der Waals surface area contributed by atoms with Crippen LogP contribution in [0.4, 0.5) is 0 Å². The number of hydrogen-bond acceptors (Lipinski definition) is 3. The average molecular weight is 282 g/mol. The first-order chi connectivity index (χ1) is 9.52. The van der Waals surface area contributed by atoms with Gasteiger partial charge < -0.3 is 9.64 Å². The van der Waals surface area contributed by atoms with Crippen molar-refractivity contribution in [1.82, 2.24) is 10.2 Å². The minimum atomic E-state index is -0.00912. The fourth-order valence-electron chi connectivity index (χ4n) is 3.21. The molecule has 1 amide bonds. The van der Waals surface area contributed by atoms with E-state index in [-0.39, 0.29) is 24.2 Å². The molecule has 0 saturated carbocycles. The van der Waals surface area contributed by atoms with E-state index in [1.807, 2.05) is 4.90 Å². The molecule has 2 heterocycles. The van der Waals surface area contributed by atoms with Gasteiger partial charge in [0, 0.05) is 13.2 Å². The highest BCUT2D eigenvalue weighted by Gasteiger charge is 2.42. The molecule has 4 unspecified atom stereocenters. The second-order valence-corrected chi connectivity index (χ2v) is 6.80. The fraction of sp³-hybridized carbons (Fsp3) is 0.938. The van der Waals surface area contributed by atoms with Crippen LogP contribution in [-0.4, -0.2) is 42.3 Å². The van der Waals surface area contributed by atoms with Gasteiger partial charge in [0.05, 0.1) is 18.3 Å². The van der Waals surface area contributed by atoms with Crippen molar-refractivity contribution in [2.45, 2.75) is 71.7 Å². The highest BCUT2D eigenvalue weighted by atomic mass is 16.5. The van der Waals surface area contributed by atoms with Crippen LogP contribution < -0.4 is 5.32 Å². The van der Waals surface area contributed by atoms with Gasteiger partial charge in [-0.25, -0.2) is 0 Å². The van der Waals surface area contributed by atoms with Crippen molar-refractivity contribution in [3.05, 3.63) is 0 Å². The Hall–Kier alpha value is -0.610. The van der Waals surface area contributed by atoms with E-state index in [2.05, 4.69) is 33.0 Å². The third-order valence-electron chi connectivity index (χ3n) is 4.63. The summed E-state index contributed by atoms with van der Waals surface area (Å²) in [7, 11) is 0. The zero-order chi connectivity index (χ0) is 14.7. The lowest BCUT2D eigenvalue weighted by atomic mass is 9.99. The normalized spacial score (nSPS) is 32.4. The lowest BCUT2D eigenvalue weighted by molar-refractivity contribution is -0.132. The van der Waals surface area contributed by atoms with E-state index < -0.39 is 0 Å². The largest absolute Gasteiger partial charge is 0.376 e. The van der Waals surface area contributed by atoms with Gasteiger partial charge in [-0.2, -0.15) is 0 Å². The molecule has 0 bridgehead atoms. The maximum atomic E-state index is 12.7. The van der Waals surface area contributed by atoms with Crippen molar-refractivity contribution in [3.63, 3.8) is 0 Å². The van der Waals surface area contributed by atoms with Gasteiger partial charge in [-0.05, 0) is 31.1 Å². The molecule has 0 aromatic rings. The SMILES string of the molecule is CCC(C)C1NC(CC(C)C)N(CC2CCCO2)C1=O. The Morgan fingerprint density at radius 1 is 1.40 bits per heavy atom. The van der Waals surface area contributed by atoms with Crippen LogP contribution in [0.15, 0.2) is 0 Å². The second kappa shape index (κ2) is 6.90.